The molecule has 21 heavy (non-hydrogen) atoms. The van der Waals surface area contributed by atoms with Crippen LogP contribution in [0.25, 0.3) is 0 Å². The lowest BCUT2D eigenvalue weighted by Crippen LogP contribution is -2.30. The van der Waals surface area contributed by atoms with Crippen LogP contribution in [0.15, 0.2) is 5.38 Å². The van der Waals surface area contributed by atoms with Gasteiger partial charge >= 0.3 is 0 Å². The summed E-state index contributed by atoms with van der Waals surface area (Å²) in [6.07, 6.45) is 8.27. The molecule has 1 aromatic heterocycles. The average molecular weight is 308 g/mol. The average Bonchev–Trinajstić information content (AvgIpc) is 2.97. The predicted molar refractivity (Wildman–Crippen MR) is 88.4 cm³/mol. The topological polar surface area (TPSA) is 42.0 Å². The molecular weight excluding hydrogens is 280 g/mol. The zero-order valence-corrected chi connectivity index (χ0v) is 14.3. The lowest BCUT2D eigenvalue weighted by molar-refractivity contribution is -0.123. The number of carbonyl (C=O) groups is 1. The Morgan fingerprint density at radius 2 is 2.10 bits per heavy atom. The summed E-state index contributed by atoms with van der Waals surface area (Å²) in [5.74, 6) is 1.41. The maximum absolute atomic E-state index is 12.2. The molecule has 1 amide bonds. The summed E-state index contributed by atoms with van der Waals surface area (Å²) in [6.45, 7) is 6.37. The smallest absolute Gasteiger partial charge is 0.220 e. The van der Waals surface area contributed by atoms with E-state index in [1.165, 1.54) is 32.1 Å². The van der Waals surface area contributed by atoms with E-state index < -0.39 is 0 Å². The molecule has 1 heterocycles. The van der Waals surface area contributed by atoms with Crippen LogP contribution in [-0.2, 0) is 11.2 Å². The highest BCUT2D eigenvalue weighted by atomic mass is 32.1. The first-order valence-electron chi connectivity index (χ1n) is 8.33. The van der Waals surface area contributed by atoms with Crippen molar-refractivity contribution in [3.05, 3.63) is 16.1 Å². The Labute approximate surface area is 132 Å². The van der Waals surface area contributed by atoms with E-state index in [1.54, 1.807) is 11.3 Å². The second-order valence-electron chi connectivity index (χ2n) is 6.39. The van der Waals surface area contributed by atoms with Crippen molar-refractivity contribution < 1.29 is 4.79 Å². The van der Waals surface area contributed by atoms with Crippen molar-refractivity contribution in [2.45, 2.75) is 71.8 Å². The minimum atomic E-state index is 0.0209. The van der Waals surface area contributed by atoms with Crippen LogP contribution in [0.2, 0.25) is 0 Å². The monoisotopic (exact) mass is 308 g/mol. The van der Waals surface area contributed by atoms with E-state index in [9.17, 15) is 4.79 Å². The third kappa shape index (κ3) is 4.80. The summed E-state index contributed by atoms with van der Waals surface area (Å²) in [5.41, 5.74) is 0.996. The fraction of sp³-hybridized carbons (Fsp3) is 0.765. The molecule has 1 aliphatic rings. The molecule has 0 aromatic carbocycles. The standard InChI is InChI=1S/C17H28N2OS/c1-4-17-19-15(11-21-17)13(3)18-16(20)10-12(2)14-8-6-5-7-9-14/h11-14H,4-10H2,1-3H3,(H,18,20). The van der Waals surface area contributed by atoms with Gasteiger partial charge in [0.2, 0.25) is 5.91 Å². The van der Waals surface area contributed by atoms with E-state index in [2.05, 4.69) is 29.5 Å². The van der Waals surface area contributed by atoms with Crippen LogP contribution in [0, 0.1) is 11.8 Å². The molecule has 3 nitrogen and oxygen atoms in total. The number of nitrogens with zero attached hydrogens (tertiary/aromatic N) is 1. The first kappa shape index (κ1) is 16.5. The molecule has 2 atom stereocenters. The van der Waals surface area contributed by atoms with Gasteiger partial charge in [0.25, 0.3) is 0 Å². The summed E-state index contributed by atoms with van der Waals surface area (Å²) in [7, 11) is 0. The van der Waals surface area contributed by atoms with Crippen molar-refractivity contribution in [2.75, 3.05) is 0 Å². The molecule has 0 aliphatic heterocycles. The number of hydrogen-bond donors (Lipinski definition) is 1. The van der Waals surface area contributed by atoms with Gasteiger partial charge in [-0.1, -0.05) is 46.0 Å². The Kier molecular flexibility index (Phi) is 6.22. The fourth-order valence-electron chi connectivity index (χ4n) is 3.22. The molecule has 1 N–H and O–H groups in total. The van der Waals surface area contributed by atoms with Crippen LogP contribution in [0.5, 0.6) is 0 Å². The summed E-state index contributed by atoms with van der Waals surface area (Å²) in [5, 5.41) is 6.31. The molecule has 4 heteroatoms. The van der Waals surface area contributed by atoms with Crippen molar-refractivity contribution >= 4 is 17.2 Å². The van der Waals surface area contributed by atoms with E-state index in [4.69, 9.17) is 0 Å². The van der Waals surface area contributed by atoms with Crippen LogP contribution < -0.4 is 5.32 Å². The Balaban J connectivity index is 1.80. The highest BCUT2D eigenvalue weighted by molar-refractivity contribution is 7.09. The number of thiazole rings is 1. The maximum atomic E-state index is 12.2. The summed E-state index contributed by atoms with van der Waals surface area (Å²) in [6, 6.07) is 0.0209. The summed E-state index contributed by atoms with van der Waals surface area (Å²) in [4.78, 5) is 16.8. The number of aromatic nitrogens is 1. The Bertz CT molecular complexity index is 451. The van der Waals surface area contributed by atoms with Gasteiger partial charge in [0.1, 0.15) is 0 Å². The van der Waals surface area contributed by atoms with Crippen molar-refractivity contribution in [1.29, 1.82) is 0 Å². The normalized spacial score (nSPS) is 19.2. The lowest BCUT2D eigenvalue weighted by atomic mass is 9.79. The summed E-state index contributed by atoms with van der Waals surface area (Å²) < 4.78 is 0. The second-order valence-corrected chi connectivity index (χ2v) is 7.33. The van der Waals surface area contributed by atoms with Gasteiger partial charge in [0.15, 0.2) is 0 Å². The SMILES string of the molecule is CCc1nc(C(C)NC(=O)CC(C)C2CCCCC2)cs1. The zero-order chi connectivity index (χ0) is 15.2. The number of amides is 1. The number of carbonyl (C=O) groups excluding carboxylic acids is 1. The van der Waals surface area contributed by atoms with Crippen LogP contribution in [0.1, 0.15) is 76.0 Å². The molecule has 0 saturated heterocycles. The highest BCUT2D eigenvalue weighted by Crippen LogP contribution is 2.31. The van der Waals surface area contributed by atoms with Crippen LogP contribution in [0.4, 0.5) is 0 Å². The molecule has 0 radical (unpaired) electrons. The number of nitrogens with one attached hydrogen (secondary N) is 1. The quantitative estimate of drug-likeness (QED) is 0.841. The predicted octanol–water partition coefficient (Wildman–Crippen LogP) is 4.49. The van der Waals surface area contributed by atoms with Gasteiger partial charge in [-0.25, -0.2) is 4.98 Å². The fourth-order valence-corrected chi connectivity index (χ4v) is 4.06. The minimum Gasteiger partial charge on any atom is -0.348 e. The van der Waals surface area contributed by atoms with E-state index in [-0.39, 0.29) is 11.9 Å². The largest absolute Gasteiger partial charge is 0.348 e. The van der Waals surface area contributed by atoms with Gasteiger partial charge in [-0.05, 0) is 25.2 Å². The van der Waals surface area contributed by atoms with Crippen molar-refractivity contribution in [2.24, 2.45) is 11.8 Å². The maximum Gasteiger partial charge on any atom is 0.220 e. The lowest BCUT2D eigenvalue weighted by Gasteiger charge is -2.27. The van der Waals surface area contributed by atoms with Gasteiger partial charge in [-0.3, -0.25) is 4.79 Å². The van der Waals surface area contributed by atoms with Crippen LogP contribution in [0.3, 0.4) is 0 Å². The van der Waals surface area contributed by atoms with Crippen molar-refractivity contribution in [1.82, 2.24) is 10.3 Å². The third-order valence-electron chi connectivity index (χ3n) is 4.66. The van der Waals surface area contributed by atoms with Gasteiger partial charge in [-0.15, -0.1) is 11.3 Å². The number of hydrogen-bond acceptors (Lipinski definition) is 3. The zero-order valence-electron chi connectivity index (χ0n) is 13.5. The van der Waals surface area contributed by atoms with Crippen molar-refractivity contribution in [3.8, 4) is 0 Å². The van der Waals surface area contributed by atoms with E-state index in [0.29, 0.717) is 12.3 Å². The van der Waals surface area contributed by atoms with E-state index in [1.807, 2.05) is 6.92 Å². The molecule has 0 bridgehead atoms. The van der Waals surface area contributed by atoms with Gasteiger partial charge < -0.3 is 5.32 Å². The first-order chi connectivity index (χ1) is 10.1. The van der Waals surface area contributed by atoms with Crippen LogP contribution >= 0.6 is 11.3 Å². The molecule has 2 rings (SSSR count). The minimum absolute atomic E-state index is 0.0209. The Morgan fingerprint density at radius 1 is 1.38 bits per heavy atom. The van der Waals surface area contributed by atoms with E-state index >= 15 is 0 Å². The third-order valence-corrected chi connectivity index (χ3v) is 5.67. The molecule has 1 saturated carbocycles. The number of aryl methyl sites for hydroxylation is 1. The first-order valence-corrected chi connectivity index (χ1v) is 9.21. The molecule has 1 aliphatic carbocycles. The molecule has 2 unspecified atom stereocenters. The summed E-state index contributed by atoms with van der Waals surface area (Å²) >= 11 is 1.68. The number of rotatable bonds is 6. The van der Waals surface area contributed by atoms with Gasteiger partial charge in [0.05, 0.1) is 16.7 Å². The highest BCUT2D eigenvalue weighted by Gasteiger charge is 2.23. The molecule has 118 valence electrons. The molecule has 0 spiro atoms. The Morgan fingerprint density at radius 3 is 2.71 bits per heavy atom. The molecule has 1 aromatic rings. The van der Waals surface area contributed by atoms with Gasteiger partial charge in [-0.2, -0.15) is 0 Å². The Hall–Kier alpha value is -0.900. The van der Waals surface area contributed by atoms with Gasteiger partial charge in [0, 0.05) is 11.8 Å². The van der Waals surface area contributed by atoms with Crippen LogP contribution in [-0.4, -0.2) is 10.9 Å². The van der Waals surface area contributed by atoms with Crippen molar-refractivity contribution in [3.63, 3.8) is 0 Å². The second kappa shape index (κ2) is 7.92. The molecule has 1 fully saturated rings. The van der Waals surface area contributed by atoms with E-state index in [0.717, 1.165) is 23.0 Å². The molecular formula is C17H28N2OS.